The second-order valence-electron chi connectivity index (χ2n) is 3.35. The number of rotatable bonds is 1. The molecule has 0 radical (unpaired) electrons. The summed E-state index contributed by atoms with van der Waals surface area (Å²) in [6, 6.07) is 10.0. The van der Waals surface area contributed by atoms with Crippen molar-refractivity contribution in [2.75, 3.05) is 0 Å². The molecule has 1 aromatic heterocycles. The monoisotopic (exact) mass is 203 g/mol. The van der Waals surface area contributed by atoms with Crippen molar-refractivity contribution in [2.45, 2.75) is 20.3 Å². The van der Waals surface area contributed by atoms with Crippen molar-refractivity contribution in [2.24, 2.45) is 7.05 Å². The largest absolute Gasteiger partial charge is 0.255 e. The van der Waals surface area contributed by atoms with Gasteiger partial charge in [-0.05, 0) is 0 Å². The summed E-state index contributed by atoms with van der Waals surface area (Å²) in [6.07, 6.45) is 3.15. The van der Waals surface area contributed by atoms with E-state index >= 15 is 0 Å². The zero-order valence-electron chi connectivity index (χ0n) is 9.51. The molecule has 0 saturated heterocycles. The lowest BCUT2D eigenvalue weighted by Gasteiger charge is -1.91. The Bertz CT molecular complexity index is 379. The molecule has 15 heavy (non-hydrogen) atoms. The lowest BCUT2D eigenvalue weighted by Crippen LogP contribution is -1.85. The van der Waals surface area contributed by atoms with Crippen LogP contribution >= 0.6 is 0 Å². The SMILES string of the molecule is CCC.Cn1cc(-c2ccccc2)nn1. The Morgan fingerprint density at radius 3 is 2.20 bits per heavy atom. The van der Waals surface area contributed by atoms with Crippen LogP contribution in [0.15, 0.2) is 36.5 Å². The fourth-order valence-electron chi connectivity index (χ4n) is 1.09. The predicted molar refractivity (Wildman–Crippen MR) is 62.4 cm³/mol. The first-order chi connectivity index (χ1) is 7.27. The Balaban J connectivity index is 0.000000337. The quantitative estimate of drug-likeness (QED) is 0.713. The fraction of sp³-hybridized carbons (Fsp3) is 0.333. The van der Waals surface area contributed by atoms with Crippen LogP contribution in [0.5, 0.6) is 0 Å². The van der Waals surface area contributed by atoms with Gasteiger partial charge in [-0.1, -0.05) is 55.8 Å². The molecule has 80 valence electrons. The molecular weight excluding hydrogens is 186 g/mol. The standard InChI is InChI=1S/C9H9N3.C3H8/c1-12-7-9(10-11-12)8-5-3-2-4-6-8;1-3-2/h2-7H,1H3;3H2,1-2H3. The summed E-state index contributed by atoms with van der Waals surface area (Å²) in [5.74, 6) is 0. The molecular formula is C12H17N3. The average Bonchev–Trinajstić information content (AvgIpc) is 2.67. The van der Waals surface area contributed by atoms with Gasteiger partial charge in [0.15, 0.2) is 0 Å². The summed E-state index contributed by atoms with van der Waals surface area (Å²) in [4.78, 5) is 0. The van der Waals surface area contributed by atoms with Crippen LogP contribution in [-0.4, -0.2) is 15.0 Å². The van der Waals surface area contributed by atoms with Crippen LogP contribution in [0.2, 0.25) is 0 Å². The number of nitrogens with zero attached hydrogens (tertiary/aromatic N) is 3. The van der Waals surface area contributed by atoms with Crippen LogP contribution in [0.1, 0.15) is 20.3 Å². The Labute approximate surface area is 90.7 Å². The summed E-state index contributed by atoms with van der Waals surface area (Å²) < 4.78 is 1.70. The summed E-state index contributed by atoms with van der Waals surface area (Å²) in [7, 11) is 1.86. The van der Waals surface area contributed by atoms with E-state index < -0.39 is 0 Å². The second kappa shape index (κ2) is 5.96. The van der Waals surface area contributed by atoms with Crippen LogP contribution in [0.4, 0.5) is 0 Å². The second-order valence-corrected chi connectivity index (χ2v) is 3.35. The van der Waals surface area contributed by atoms with Crippen LogP contribution in [0.3, 0.4) is 0 Å². The Morgan fingerprint density at radius 1 is 1.13 bits per heavy atom. The molecule has 3 nitrogen and oxygen atoms in total. The molecule has 1 heterocycles. The van der Waals surface area contributed by atoms with E-state index in [0.717, 1.165) is 11.3 Å². The van der Waals surface area contributed by atoms with E-state index in [2.05, 4.69) is 24.2 Å². The lowest BCUT2D eigenvalue weighted by atomic mass is 10.2. The van der Waals surface area contributed by atoms with Crippen molar-refractivity contribution in [3.8, 4) is 11.3 Å². The number of aromatic nitrogens is 3. The minimum absolute atomic E-state index is 0.915. The predicted octanol–water partition coefficient (Wildman–Crippen LogP) is 2.90. The average molecular weight is 203 g/mol. The van der Waals surface area contributed by atoms with Crippen molar-refractivity contribution in [1.29, 1.82) is 0 Å². The third-order valence-electron chi connectivity index (χ3n) is 1.67. The highest BCUT2D eigenvalue weighted by molar-refractivity contribution is 5.56. The zero-order valence-corrected chi connectivity index (χ0v) is 9.51. The Kier molecular flexibility index (Phi) is 4.54. The molecule has 0 saturated carbocycles. The van der Waals surface area contributed by atoms with E-state index in [1.807, 2.05) is 43.6 Å². The molecule has 0 aliphatic heterocycles. The highest BCUT2D eigenvalue weighted by Crippen LogP contribution is 2.13. The molecule has 0 atom stereocenters. The van der Waals surface area contributed by atoms with Crippen LogP contribution in [0.25, 0.3) is 11.3 Å². The van der Waals surface area contributed by atoms with Crippen molar-refractivity contribution >= 4 is 0 Å². The molecule has 0 N–H and O–H groups in total. The van der Waals surface area contributed by atoms with E-state index in [0.29, 0.717) is 0 Å². The van der Waals surface area contributed by atoms with Crippen molar-refractivity contribution in [3.63, 3.8) is 0 Å². The first kappa shape index (κ1) is 11.4. The van der Waals surface area contributed by atoms with E-state index in [-0.39, 0.29) is 0 Å². The van der Waals surface area contributed by atoms with Crippen LogP contribution < -0.4 is 0 Å². The van der Waals surface area contributed by atoms with Gasteiger partial charge >= 0.3 is 0 Å². The number of hydrogen-bond acceptors (Lipinski definition) is 2. The van der Waals surface area contributed by atoms with Gasteiger partial charge in [-0.2, -0.15) is 0 Å². The van der Waals surface area contributed by atoms with Crippen LogP contribution in [0, 0.1) is 0 Å². The summed E-state index contributed by atoms with van der Waals surface area (Å²) in [5.41, 5.74) is 2.02. The van der Waals surface area contributed by atoms with Gasteiger partial charge in [0.25, 0.3) is 0 Å². The highest BCUT2D eigenvalue weighted by atomic mass is 15.4. The first-order valence-electron chi connectivity index (χ1n) is 5.19. The van der Waals surface area contributed by atoms with E-state index in [9.17, 15) is 0 Å². The molecule has 0 aliphatic carbocycles. The zero-order chi connectivity index (χ0) is 11.1. The van der Waals surface area contributed by atoms with Gasteiger partial charge in [0.2, 0.25) is 0 Å². The third kappa shape index (κ3) is 3.54. The Hall–Kier alpha value is -1.64. The molecule has 2 rings (SSSR count). The van der Waals surface area contributed by atoms with Gasteiger partial charge in [-0.25, -0.2) is 0 Å². The number of hydrogen-bond donors (Lipinski definition) is 0. The maximum absolute atomic E-state index is 4.00. The van der Waals surface area contributed by atoms with Crippen LogP contribution in [-0.2, 0) is 7.05 Å². The molecule has 3 heteroatoms. The number of benzene rings is 1. The van der Waals surface area contributed by atoms with E-state index in [1.54, 1.807) is 4.68 Å². The van der Waals surface area contributed by atoms with Crippen molar-refractivity contribution in [3.05, 3.63) is 36.5 Å². The fourth-order valence-corrected chi connectivity index (χ4v) is 1.09. The molecule has 0 aliphatic rings. The molecule has 0 unspecified atom stereocenters. The Morgan fingerprint density at radius 2 is 1.73 bits per heavy atom. The maximum atomic E-state index is 4.00. The van der Waals surface area contributed by atoms with Gasteiger partial charge in [0.05, 0.1) is 6.20 Å². The van der Waals surface area contributed by atoms with Gasteiger partial charge < -0.3 is 0 Å². The molecule has 0 spiro atoms. The molecule has 0 fully saturated rings. The summed E-state index contributed by atoms with van der Waals surface area (Å²) in [6.45, 7) is 4.25. The maximum Gasteiger partial charge on any atom is 0.113 e. The molecule has 0 amide bonds. The minimum atomic E-state index is 0.915. The van der Waals surface area contributed by atoms with E-state index in [4.69, 9.17) is 0 Å². The smallest absolute Gasteiger partial charge is 0.113 e. The number of aryl methyl sites for hydroxylation is 1. The van der Waals surface area contributed by atoms with Crippen molar-refractivity contribution < 1.29 is 0 Å². The molecule has 1 aromatic carbocycles. The highest BCUT2D eigenvalue weighted by Gasteiger charge is 1.98. The van der Waals surface area contributed by atoms with Gasteiger partial charge in [0.1, 0.15) is 5.69 Å². The van der Waals surface area contributed by atoms with E-state index in [1.165, 1.54) is 6.42 Å². The van der Waals surface area contributed by atoms with Crippen molar-refractivity contribution in [1.82, 2.24) is 15.0 Å². The molecule has 2 aromatic rings. The van der Waals surface area contributed by atoms with Gasteiger partial charge in [-0.15, -0.1) is 5.10 Å². The lowest BCUT2D eigenvalue weighted by molar-refractivity contribution is 0.715. The topological polar surface area (TPSA) is 30.7 Å². The molecule has 0 bridgehead atoms. The minimum Gasteiger partial charge on any atom is -0.255 e. The van der Waals surface area contributed by atoms with Gasteiger partial charge in [-0.3, -0.25) is 4.68 Å². The summed E-state index contributed by atoms with van der Waals surface area (Å²) >= 11 is 0. The van der Waals surface area contributed by atoms with Gasteiger partial charge in [0, 0.05) is 12.6 Å². The summed E-state index contributed by atoms with van der Waals surface area (Å²) in [5, 5.41) is 7.86. The first-order valence-corrected chi connectivity index (χ1v) is 5.19. The third-order valence-corrected chi connectivity index (χ3v) is 1.67. The normalized spacial score (nSPS) is 9.27.